The van der Waals surface area contributed by atoms with Gasteiger partial charge in [-0.3, -0.25) is 4.79 Å². The molecule has 1 aromatic heterocycles. The molecule has 0 aliphatic carbocycles. The molecule has 3 aliphatic rings. The van der Waals surface area contributed by atoms with E-state index in [0.29, 0.717) is 19.1 Å². The van der Waals surface area contributed by atoms with Gasteiger partial charge < -0.3 is 19.9 Å². The van der Waals surface area contributed by atoms with E-state index in [0.717, 1.165) is 50.2 Å². The Kier molecular flexibility index (Phi) is 6.42. The Bertz CT molecular complexity index is 1020. The maximum Gasteiger partial charge on any atom is 0.227 e. The third kappa shape index (κ3) is 4.80. The number of benzene rings is 1. The predicted molar refractivity (Wildman–Crippen MR) is 128 cm³/mol. The number of rotatable bonds is 4. The second kappa shape index (κ2) is 9.61. The first-order chi connectivity index (χ1) is 16.1. The molecule has 0 spiro atoms. The third-order valence-electron chi connectivity index (χ3n) is 7.23. The number of aromatic nitrogens is 2. The highest BCUT2D eigenvalue weighted by molar-refractivity contribution is 5.80. The van der Waals surface area contributed by atoms with Crippen LogP contribution in [-0.2, 0) is 22.5 Å². The Hall–Kier alpha value is -2.77. The number of nitrogens with zero attached hydrogens (tertiary/aromatic N) is 4. The molecule has 33 heavy (non-hydrogen) atoms. The number of hydrogen-bond acceptors (Lipinski definition) is 6. The van der Waals surface area contributed by atoms with Crippen molar-refractivity contribution in [1.29, 1.82) is 0 Å². The molecule has 2 fully saturated rings. The van der Waals surface area contributed by atoms with Crippen LogP contribution in [0, 0.1) is 5.92 Å². The highest BCUT2D eigenvalue weighted by atomic mass is 16.5. The molecule has 2 aromatic rings. The average Bonchev–Trinajstić information content (AvgIpc) is 3.36. The summed E-state index contributed by atoms with van der Waals surface area (Å²) in [7, 11) is 2.15. The van der Waals surface area contributed by atoms with Crippen molar-refractivity contribution in [3.63, 3.8) is 0 Å². The van der Waals surface area contributed by atoms with Crippen LogP contribution < -0.4 is 5.32 Å². The predicted octanol–water partition coefficient (Wildman–Crippen LogP) is 3.20. The van der Waals surface area contributed by atoms with E-state index in [4.69, 9.17) is 9.72 Å². The summed E-state index contributed by atoms with van der Waals surface area (Å²) < 4.78 is 5.40. The Balaban J connectivity index is 1.34. The van der Waals surface area contributed by atoms with Crippen LogP contribution in [0.15, 0.2) is 48.3 Å². The van der Waals surface area contributed by atoms with E-state index in [1.807, 2.05) is 23.4 Å². The van der Waals surface area contributed by atoms with Crippen LogP contribution in [0.1, 0.15) is 42.5 Å². The summed E-state index contributed by atoms with van der Waals surface area (Å²) in [6, 6.07) is 10.6. The number of likely N-dealkylation sites (tertiary alicyclic amines) is 1. The largest absolute Gasteiger partial charge is 0.377 e. The lowest BCUT2D eigenvalue weighted by Crippen LogP contribution is -2.50. The molecule has 3 atom stereocenters. The summed E-state index contributed by atoms with van der Waals surface area (Å²) in [5.41, 5.74) is 4.56. The first kappa shape index (κ1) is 22.0. The summed E-state index contributed by atoms with van der Waals surface area (Å²) >= 11 is 0. The smallest absolute Gasteiger partial charge is 0.227 e. The first-order valence-corrected chi connectivity index (χ1v) is 12.0. The standard InChI is InChI=1S/C26H33N5O2/c1-18-12-21-14-28-26(27-13-19-9-11-33-17-19)29-24(21)16-31(18)25(32)22-8-10-30(2)15-23(22)20-6-4-3-5-7-20/h3-7,13-14,18,22-23H,8-12,15-17H2,1-2H3,(H,27,28,29)/b19-13+/t18-,22+,23-/m1/s1. The van der Waals surface area contributed by atoms with E-state index in [9.17, 15) is 4.79 Å². The molecule has 174 valence electrons. The van der Waals surface area contributed by atoms with Gasteiger partial charge in [-0.2, -0.15) is 0 Å². The minimum Gasteiger partial charge on any atom is -0.377 e. The Morgan fingerprint density at radius 1 is 1.27 bits per heavy atom. The van der Waals surface area contributed by atoms with E-state index in [1.165, 1.54) is 11.1 Å². The van der Waals surface area contributed by atoms with Crippen LogP contribution >= 0.6 is 0 Å². The van der Waals surface area contributed by atoms with E-state index in [2.05, 4.69) is 53.4 Å². The van der Waals surface area contributed by atoms with E-state index in [-0.39, 0.29) is 23.8 Å². The van der Waals surface area contributed by atoms with Crippen molar-refractivity contribution < 1.29 is 9.53 Å². The van der Waals surface area contributed by atoms with Gasteiger partial charge in [0.2, 0.25) is 11.9 Å². The molecule has 4 heterocycles. The highest BCUT2D eigenvalue weighted by Crippen LogP contribution is 2.35. The van der Waals surface area contributed by atoms with Crippen molar-refractivity contribution in [2.75, 3.05) is 38.7 Å². The van der Waals surface area contributed by atoms with Gasteiger partial charge in [-0.25, -0.2) is 9.97 Å². The summed E-state index contributed by atoms with van der Waals surface area (Å²) in [4.78, 5) is 27.5. The van der Waals surface area contributed by atoms with Crippen LogP contribution in [0.2, 0.25) is 0 Å². The number of likely N-dealkylation sites (N-methyl/N-ethyl adjacent to an activating group) is 1. The maximum absolute atomic E-state index is 13.9. The molecule has 1 aromatic carbocycles. The molecule has 0 saturated carbocycles. The average molecular weight is 448 g/mol. The molecule has 0 radical (unpaired) electrons. The molecule has 0 unspecified atom stereocenters. The van der Waals surface area contributed by atoms with Crippen molar-refractivity contribution in [3.8, 4) is 0 Å². The van der Waals surface area contributed by atoms with Crippen LogP contribution in [-0.4, -0.2) is 65.1 Å². The lowest BCUT2D eigenvalue weighted by molar-refractivity contribution is -0.141. The molecular formula is C26H33N5O2. The van der Waals surface area contributed by atoms with E-state index < -0.39 is 0 Å². The van der Waals surface area contributed by atoms with Gasteiger partial charge in [0.05, 0.1) is 25.5 Å². The Morgan fingerprint density at radius 2 is 2.12 bits per heavy atom. The van der Waals surface area contributed by atoms with E-state index >= 15 is 0 Å². The second-order valence-electron chi connectivity index (χ2n) is 9.61. The van der Waals surface area contributed by atoms with Crippen molar-refractivity contribution in [2.45, 2.75) is 44.7 Å². The quantitative estimate of drug-likeness (QED) is 0.776. The number of amides is 1. The van der Waals surface area contributed by atoms with Crippen molar-refractivity contribution in [3.05, 3.63) is 65.1 Å². The van der Waals surface area contributed by atoms with Crippen molar-refractivity contribution in [1.82, 2.24) is 19.8 Å². The summed E-state index contributed by atoms with van der Waals surface area (Å²) in [6.45, 7) is 5.98. The zero-order chi connectivity index (χ0) is 22.8. The number of fused-ring (bicyclic) bond motifs is 1. The summed E-state index contributed by atoms with van der Waals surface area (Å²) in [5, 5.41) is 3.22. The van der Waals surface area contributed by atoms with Gasteiger partial charge in [0, 0.05) is 36.8 Å². The molecule has 2 saturated heterocycles. The second-order valence-corrected chi connectivity index (χ2v) is 9.61. The lowest BCUT2D eigenvalue weighted by atomic mass is 9.79. The molecule has 0 bridgehead atoms. The maximum atomic E-state index is 13.9. The fourth-order valence-electron chi connectivity index (χ4n) is 5.28. The Labute approximate surface area is 195 Å². The minimum absolute atomic E-state index is 0.000803. The number of anilines is 1. The Morgan fingerprint density at radius 3 is 2.91 bits per heavy atom. The van der Waals surface area contributed by atoms with Gasteiger partial charge >= 0.3 is 0 Å². The normalized spacial score (nSPS) is 26.9. The van der Waals surface area contributed by atoms with Crippen LogP contribution in [0.25, 0.3) is 0 Å². The van der Waals surface area contributed by atoms with Crippen LogP contribution in [0.4, 0.5) is 5.95 Å². The number of carbonyl (C=O) groups excluding carboxylic acids is 1. The molecule has 1 N–H and O–H groups in total. The van der Waals surface area contributed by atoms with Gasteiger partial charge in [-0.05, 0) is 56.5 Å². The van der Waals surface area contributed by atoms with Gasteiger partial charge in [0.25, 0.3) is 0 Å². The zero-order valence-electron chi connectivity index (χ0n) is 19.5. The minimum atomic E-state index is -0.000803. The van der Waals surface area contributed by atoms with E-state index in [1.54, 1.807) is 0 Å². The van der Waals surface area contributed by atoms with Crippen LogP contribution in [0.5, 0.6) is 0 Å². The number of ether oxygens (including phenoxy) is 1. The van der Waals surface area contributed by atoms with Gasteiger partial charge in [-0.15, -0.1) is 0 Å². The number of nitrogens with one attached hydrogen (secondary N) is 1. The molecule has 7 nitrogen and oxygen atoms in total. The fraction of sp³-hybridized carbons (Fsp3) is 0.500. The monoisotopic (exact) mass is 447 g/mol. The van der Waals surface area contributed by atoms with Gasteiger partial charge in [-0.1, -0.05) is 30.3 Å². The van der Waals surface area contributed by atoms with Gasteiger partial charge in [0.15, 0.2) is 0 Å². The summed E-state index contributed by atoms with van der Waals surface area (Å²) in [6.07, 6.45) is 6.48. The fourth-order valence-corrected chi connectivity index (χ4v) is 5.28. The topological polar surface area (TPSA) is 70.6 Å². The molecule has 3 aliphatic heterocycles. The molecule has 5 rings (SSSR count). The number of piperidine rings is 1. The van der Waals surface area contributed by atoms with Crippen molar-refractivity contribution >= 4 is 11.9 Å². The molecule has 1 amide bonds. The lowest BCUT2D eigenvalue weighted by Gasteiger charge is -2.42. The SMILES string of the molecule is C[C@@H]1Cc2cnc(N/C=C3\CCOC3)nc2CN1C(=O)[C@H]1CCN(C)C[C@@H]1c1ccccc1. The van der Waals surface area contributed by atoms with Crippen LogP contribution in [0.3, 0.4) is 0 Å². The summed E-state index contributed by atoms with van der Waals surface area (Å²) in [5.74, 6) is 1.05. The number of hydrogen-bond donors (Lipinski definition) is 1. The molecular weight excluding hydrogens is 414 g/mol. The highest BCUT2D eigenvalue weighted by Gasteiger charge is 2.39. The first-order valence-electron chi connectivity index (χ1n) is 12.0. The van der Waals surface area contributed by atoms with Gasteiger partial charge in [0.1, 0.15) is 0 Å². The third-order valence-corrected chi connectivity index (χ3v) is 7.23. The number of carbonyl (C=O) groups is 1. The molecule has 7 heteroatoms. The zero-order valence-corrected chi connectivity index (χ0v) is 19.5. The van der Waals surface area contributed by atoms with Crippen molar-refractivity contribution in [2.24, 2.45) is 5.92 Å².